The summed E-state index contributed by atoms with van der Waals surface area (Å²) in [4.78, 5) is 0. The van der Waals surface area contributed by atoms with Gasteiger partial charge in [-0.05, 0) is 114 Å². The first-order chi connectivity index (χ1) is 28.3. The number of aromatic nitrogens is 1. The summed E-state index contributed by atoms with van der Waals surface area (Å²) in [6, 6.07) is 78.8. The van der Waals surface area contributed by atoms with Crippen LogP contribution >= 0.6 is 0 Å². The first-order valence-corrected chi connectivity index (χ1v) is 20.0. The zero-order chi connectivity index (χ0) is 37.5. The SMILES string of the molecule is c1ccc(-c2ccc(C3c4ccccc4-c4cc(-c5ccc6c(c5)c5c7c(ccc5n6-c5ccccc5)C(c5ccccc5)c5ccccc5-7)ccc43)cc2)cc1. The van der Waals surface area contributed by atoms with Crippen molar-refractivity contribution in [3.8, 4) is 50.2 Å². The molecule has 2 aliphatic rings. The fraction of sp³-hybridized carbons (Fsp3) is 0.0357. The molecule has 0 aliphatic heterocycles. The van der Waals surface area contributed by atoms with Crippen LogP contribution in [-0.4, -0.2) is 4.57 Å². The number of hydrogen-bond acceptors (Lipinski definition) is 0. The number of rotatable bonds is 5. The standard InChI is InChI=1S/C56H37N/c1-4-14-36(15-5-1)37-24-26-39(27-25-37)53-44-21-11-10-20-43(44)49-34-40(28-30-47(49)53)41-29-32-51-50(35-41)56-52(57(51)42-18-8-3-9-19-42)33-31-48-54(38-16-6-2-7-17-38)45-22-12-13-23-46(45)55(48)56/h1-35,53-54H. The molecule has 0 bridgehead atoms. The third-order valence-electron chi connectivity index (χ3n) is 12.6. The van der Waals surface area contributed by atoms with E-state index in [2.05, 4.69) is 217 Å². The average Bonchev–Trinajstić information content (AvgIpc) is 3.92. The van der Waals surface area contributed by atoms with E-state index in [0.717, 1.165) is 0 Å². The summed E-state index contributed by atoms with van der Waals surface area (Å²) in [5.74, 6) is 0.390. The lowest BCUT2D eigenvalue weighted by atomic mass is 9.88. The maximum atomic E-state index is 2.46. The Balaban J connectivity index is 1.04. The summed E-state index contributed by atoms with van der Waals surface area (Å²) in [6.07, 6.45) is 0. The Morgan fingerprint density at radius 2 is 0.825 bits per heavy atom. The number of para-hydroxylation sites is 1. The molecule has 0 N–H and O–H groups in total. The van der Waals surface area contributed by atoms with Crippen LogP contribution in [0.3, 0.4) is 0 Å². The van der Waals surface area contributed by atoms with Crippen molar-refractivity contribution in [1.29, 1.82) is 0 Å². The Hall–Kier alpha value is -7.22. The fourth-order valence-corrected chi connectivity index (χ4v) is 10.1. The van der Waals surface area contributed by atoms with Gasteiger partial charge >= 0.3 is 0 Å². The maximum Gasteiger partial charge on any atom is 0.0547 e. The van der Waals surface area contributed by atoms with Crippen LogP contribution in [0, 0.1) is 0 Å². The van der Waals surface area contributed by atoms with E-state index in [0.29, 0.717) is 0 Å². The van der Waals surface area contributed by atoms with Gasteiger partial charge in [0.2, 0.25) is 0 Å². The van der Waals surface area contributed by atoms with Crippen molar-refractivity contribution in [2.75, 3.05) is 0 Å². The molecule has 0 radical (unpaired) electrons. The van der Waals surface area contributed by atoms with E-state index < -0.39 is 0 Å². The molecule has 266 valence electrons. The highest BCUT2D eigenvalue weighted by atomic mass is 15.0. The van der Waals surface area contributed by atoms with E-state index in [9.17, 15) is 0 Å². The van der Waals surface area contributed by atoms with Gasteiger partial charge in [0.1, 0.15) is 0 Å². The first kappa shape index (κ1) is 32.1. The van der Waals surface area contributed by atoms with Crippen molar-refractivity contribution < 1.29 is 0 Å². The van der Waals surface area contributed by atoms with Crippen LogP contribution in [0.15, 0.2) is 212 Å². The first-order valence-electron chi connectivity index (χ1n) is 20.0. The zero-order valence-electron chi connectivity index (χ0n) is 31.3. The van der Waals surface area contributed by atoms with E-state index >= 15 is 0 Å². The highest BCUT2D eigenvalue weighted by molar-refractivity contribution is 6.18. The number of fused-ring (bicyclic) bond motifs is 10. The molecule has 0 saturated heterocycles. The molecule has 1 aromatic heterocycles. The van der Waals surface area contributed by atoms with Crippen molar-refractivity contribution in [3.05, 3.63) is 246 Å². The average molecular weight is 724 g/mol. The van der Waals surface area contributed by atoms with E-state index in [1.807, 2.05) is 0 Å². The molecule has 2 aliphatic carbocycles. The molecule has 0 amide bonds. The van der Waals surface area contributed by atoms with Crippen LogP contribution in [0.1, 0.15) is 45.2 Å². The molecule has 9 aromatic carbocycles. The van der Waals surface area contributed by atoms with Crippen molar-refractivity contribution in [2.45, 2.75) is 11.8 Å². The van der Waals surface area contributed by atoms with Crippen LogP contribution in [0.2, 0.25) is 0 Å². The van der Waals surface area contributed by atoms with Gasteiger partial charge in [0.15, 0.2) is 0 Å². The van der Waals surface area contributed by atoms with Gasteiger partial charge in [-0.2, -0.15) is 0 Å². The van der Waals surface area contributed by atoms with Crippen LogP contribution in [-0.2, 0) is 0 Å². The van der Waals surface area contributed by atoms with Crippen LogP contribution in [0.25, 0.3) is 72.0 Å². The largest absolute Gasteiger partial charge is 0.309 e. The molecule has 12 rings (SSSR count). The topological polar surface area (TPSA) is 4.93 Å². The Labute approximate surface area is 332 Å². The van der Waals surface area contributed by atoms with Gasteiger partial charge in [0, 0.05) is 28.3 Å². The molecule has 0 spiro atoms. The Kier molecular flexibility index (Phi) is 7.12. The second kappa shape index (κ2) is 12.7. The third kappa shape index (κ3) is 4.89. The Bertz CT molecular complexity index is 3150. The fourth-order valence-electron chi connectivity index (χ4n) is 10.1. The molecule has 2 atom stereocenters. The minimum absolute atomic E-state index is 0.194. The van der Waals surface area contributed by atoms with Crippen molar-refractivity contribution in [1.82, 2.24) is 4.57 Å². The summed E-state index contributed by atoms with van der Waals surface area (Å²) in [5, 5.41) is 2.61. The number of nitrogens with zero attached hydrogens (tertiary/aromatic N) is 1. The number of hydrogen-bond donors (Lipinski definition) is 0. The van der Waals surface area contributed by atoms with E-state index in [1.165, 1.54) is 105 Å². The molecular formula is C56H37N. The molecular weight excluding hydrogens is 687 g/mol. The molecule has 57 heavy (non-hydrogen) atoms. The van der Waals surface area contributed by atoms with Gasteiger partial charge in [0.05, 0.1) is 11.0 Å². The highest BCUT2D eigenvalue weighted by Gasteiger charge is 2.33. The monoisotopic (exact) mass is 723 g/mol. The zero-order valence-corrected chi connectivity index (χ0v) is 31.3. The molecule has 0 saturated carbocycles. The van der Waals surface area contributed by atoms with Crippen molar-refractivity contribution >= 4 is 21.8 Å². The quantitative estimate of drug-likeness (QED) is 0.167. The molecule has 10 aromatic rings. The second-order valence-corrected chi connectivity index (χ2v) is 15.6. The molecule has 1 heterocycles. The minimum atomic E-state index is 0.194. The van der Waals surface area contributed by atoms with Crippen molar-refractivity contribution in [3.63, 3.8) is 0 Å². The lowest BCUT2D eigenvalue weighted by Gasteiger charge is -2.15. The van der Waals surface area contributed by atoms with E-state index in [1.54, 1.807) is 0 Å². The summed E-state index contributed by atoms with van der Waals surface area (Å²) in [5.41, 5.74) is 22.1. The van der Waals surface area contributed by atoms with Gasteiger partial charge in [-0.3, -0.25) is 0 Å². The van der Waals surface area contributed by atoms with Gasteiger partial charge in [-0.1, -0.05) is 176 Å². The van der Waals surface area contributed by atoms with E-state index in [4.69, 9.17) is 0 Å². The van der Waals surface area contributed by atoms with E-state index in [-0.39, 0.29) is 11.8 Å². The van der Waals surface area contributed by atoms with Gasteiger partial charge in [-0.15, -0.1) is 0 Å². The Morgan fingerprint density at radius 1 is 0.316 bits per heavy atom. The molecule has 1 nitrogen and oxygen atoms in total. The summed E-state index contributed by atoms with van der Waals surface area (Å²) in [7, 11) is 0. The van der Waals surface area contributed by atoms with Gasteiger partial charge in [0.25, 0.3) is 0 Å². The second-order valence-electron chi connectivity index (χ2n) is 15.6. The third-order valence-corrected chi connectivity index (χ3v) is 12.6. The normalized spacial score (nSPS) is 15.0. The highest BCUT2D eigenvalue weighted by Crippen LogP contribution is 2.54. The lowest BCUT2D eigenvalue weighted by molar-refractivity contribution is 1.02. The summed E-state index contributed by atoms with van der Waals surface area (Å²) in [6.45, 7) is 0. The van der Waals surface area contributed by atoms with Gasteiger partial charge < -0.3 is 4.57 Å². The molecule has 1 heteroatoms. The molecule has 0 fully saturated rings. The predicted octanol–water partition coefficient (Wildman–Crippen LogP) is 14.4. The smallest absolute Gasteiger partial charge is 0.0547 e. The summed E-state index contributed by atoms with van der Waals surface area (Å²) < 4.78 is 2.46. The van der Waals surface area contributed by atoms with Crippen LogP contribution < -0.4 is 0 Å². The van der Waals surface area contributed by atoms with Crippen LogP contribution in [0.4, 0.5) is 0 Å². The Morgan fingerprint density at radius 3 is 1.60 bits per heavy atom. The maximum absolute atomic E-state index is 2.46. The predicted molar refractivity (Wildman–Crippen MR) is 237 cm³/mol. The van der Waals surface area contributed by atoms with Gasteiger partial charge in [-0.25, -0.2) is 0 Å². The number of benzene rings is 9. The van der Waals surface area contributed by atoms with Crippen LogP contribution in [0.5, 0.6) is 0 Å². The molecule has 2 unspecified atom stereocenters. The van der Waals surface area contributed by atoms with Crippen molar-refractivity contribution in [2.24, 2.45) is 0 Å². The minimum Gasteiger partial charge on any atom is -0.309 e. The lowest BCUT2D eigenvalue weighted by Crippen LogP contribution is -1.99. The summed E-state index contributed by atoms with van der Waals surface area (Å²) >= 11 is 0.